The van der Waals surface area contributed by atoms with E-state index in [0.29, 0.717) is 12.8 Å². The summed E-state index contributed by atoms with van der Waals surface area (Å²) in [5.41, 5.74) is 1.79. The van der Waals surface area contributed by atoms with E-state index in [1.54, 1.807) is 4.68 Å². The van der Waals surface area contributed by atoms with Crippen molar-refractivity contribution >= 4 is 38.6 Å². The van der Waals surface area contributed by atoms with Gasteiger partial charge in [0.25, 0.3) is 5.91 Å². The number of rotatable bonds is 1. The number of hydrogen-bond donors (Lipinski definition) is 1. The number of nitrogens with zero attached hydrogens (tertiary/aromatic N) is 2. The average Bonchev–Trinajstić information content (AvgIpc) is 2.66. The van der Waals surface area contributed by atoms with Crippen LogP contribution in [-0.2, 0) is 9.59 Å². The zero-order chi connectivity index (χ0) is 13.6. The molecule has 6 heteroatoms. The van der Waals surface area contributed by atoms with Gasteiger partial charge in [-0.2, -0.15) is 5.10 Å². The fourth-order valence-electron chi connectivity index (χ4n) is 2.42. The molecule has 0 bridgehead atoms. The van der Waals surface area contributed by atoms with Gasteiger partial charge in [0.1, 0.15) is 6.04 Å². The lowest BCUT2D eigenvalue weighted by Gasteiger charge is -2.21. The van der Waals surface area contributed by atoms with Gasteiger partial charge in [-0.1, -0.05) is 15.9 Å². The lowest BCUT2D eigenvalue weighted by molar-refractivity contribution is -0.135. The topological polar surface area (TPSA) is 64.0 Å². The van der Waals surface area contributed by atoms with Gasteiger partial charge >= 0.3 is 0 Å². The zero-order valence-electron chi connectivity index (χ0n) is 10.3. The Kier molecular flexibility index (Phi) is 2.89. The van der Waals surface area contributed by atoms with Crippen LogP contribution in [0, 0.1) is 6.92 Å². The lowest BCUT2D eigenvalue weighted by Crippen LogP contribution is -2.42. The van der Waals surface area contributed by atoms with Crippen molar-refractivity contribution in [2.24, 2.45) is 0 Å². The van der Waals surface area contributed by atoms with Crippen LogP contribution in [0.5, 0.6) is 0 Å². The first-order valence-corrected chi connectivity index (χ1v) is 6.83. The Morgan fingerprint density at radius 3 is 2.95 bits per heavy atom. The molecule has 2 aromatic rings. The third kappa shape index (κ3) is 2.06. The van der Waals surface area contributed by atoms with Gasteiger partial charge in [-0.05, 0) is 31.5 Å². The largest absolute Gasteiger partial charge is 0.295 e. The van der Waals surface area contributed by atoms with Crippen molar-refractivity contribution in [2.45, 2.75) is 25.8 Å². The van der Waals surface area contributed by atoms with Crippen molar-refractivity contribution in [3.8, 4) is 0 Å². The normalized spacial score (nSPS) is 19.8. The molecule has 19 heavy (non-hydrogen) atoms. The molecule has 1 aliphatic rings. The quantitative estimate of drug-likeness (QED) is 0.818. The fourth-order valence-corrected chi connectivity index (χ4v) is 2.78. The first-order valence-electron chi connectivity index (χ1n) is 6.04. The summed E-state index contributed by atoms with van der Waals surface area (Å²) in [5, 5.41) is 7.83. The van der Waals surface area contributed by atoms with E-state index in [-0.39, 0.29) is 11.8 Å². The number of aromatic nitrogens is 2. The Labute approximate surface area is 118 Å². The number of nitrogens with one attached hydrogen (secondary N) is 1. The van der Waals surface area contributed by atoms with Crippen molar-refractivity contribution in [1.82, 2.24) is 15.1 Å². The predicted molar refractivity (Wildman–Crippen MR) is 73.6 cm³/mol. The average molecular weight is 322 g/mol. The summed E-state index contributed by atoms with van der Waals surface area (Å²) in [5.74, 6) is -0.485. The third-order valence-electron chi connectivity index (χ3n) is 3.36. The Morgan fingerprint density at radius 2 is 2.21 bits per heavy atom. The van der Waals surface area contributed by atoms with E-state index in [0.717, 1.165) is 21.1 Å². The number of benzene rings is 1. The molecule has 1 fully saturated rings. The highest BCUT2D eigenvalue weighted by Crippen LogP contribution is 2.27. The summed E-state index contributed by atoms with van der Waals surface area (Å²) in [7, 11) is 0. The van der Waals surface area contributed by atoms with Gasteiger partial charge in [0.2, 0.25) is 5.91 Å². The minimum atomic E-state index is -0.407. The SMILES string of the molecule is Cc1nn(C2CCC(=O)NC2=O)c2ccc(Br)cc12. The first kappa shape index (κ1) is 12.3. The number of amides is 2. The summed E-state index contributed by atoms with van der Waals surface area (Å²) >= 11 is 3.43. The van der Waals surface area contributed by atoms with Crippen molar-refractivity contribution in [2.75, 3.05) is 0 Å². The molecule has 0 aliphatic carbocycles. The number of piperidine rings is 1. The van der Waals surface area contributed by atoms with E-state index in [1.165, 1.54) is 0 Å². The summed E-state index contributed by atoms with van der Waals surface area (Å²) in [6, 6.07) is 5.43. The second-order valence-corrected chi connectivity index (χ2v) is 5.57. The van der Waals surface area contributed by atoms with Crippen molar-refractivity contribution in [1.29, 1.82) is 0 Å². The number of hydrogen-bond acceptors (Lipinski definition) is 3. The van der Waals surface area contributed by atoms with Crippen LogP contribution in [0.15, 0.2) is 22.7 Å². The standard InChI is InChI=1S/C13H12BrN3O2/c1-7-9-6-8(14)2-3-10(9)17(16-7)11-4-5-12(18)15-13(11)19/h2-3,6,11H,4-5H2,1H3,(H,15,18,19). The highest BCUT2D eigenvalue weighted by atomic mass is 79.9. The van der Waals surface area contributed by atoms with Gasteiger partial charge in [-0.25, -0.2) is 0 Å². The number of halogens is 1. The molecular formula is C13H12BrN3O2. The van der Waals surface area contributed by atoms with Crippen LogP contribution >= 0.6 is 15.9 Å². The van der Waals surface area contributed by atoms with Gasteiger partial charge < -0.3 is 0 Å². The number of aryl methyl sites for hydroxylation is 1. The summed E-state index contributed by atoms with van der Waals surface area (Å²) in [6.45, 7) is 1.91. The zero-order valence-corrected chi connectivity index (χ0v) is 11.9. The molecule has 3 rings (SSSR count). The third-order valence-corrected chi connectivity index (χ3v) is 3.85. The van der Waals surface area contributed by atoms with Crippen LogP contribution in [-0.4, -0.2) is 21.6 Å². The Hall–Kier alpha value is -1.69. The van der Waals surface area contributed by atoms with Gasteiger partial charge in [-0.15, -0.1) is 0 Å². The summed E-state index contributed by atoms with van der Waals surface area (Å²) in [4.78, 5) is 23.1. The number of carbonyl (C=O) groups excluding carboxylic acids is 2. The summed E-state index contributed by atoms with van der Waals surface area (Å²) < 4.78 is 2.70. The highest BCUT2D eigenvalue weighted by molar-refractivity contribution is 9.10. The van der Waals surface area contributed by atoms with Gasteiger partial charge in [0.05, 0.1) is 11.2 Å². The van der Waals surface area contributed by atoms with E-state index < -0.39 is 6.04 Å². The molecule has 2 heterocycles. The minimum absolute atomic E-state index is 0.211. The van der Waals surface area contributed by atoms with Crippen LogP contribution in [0.3, 0.4) is 0 Å². The van der Waals surface area contributed by atoms with E-state index in [1.807, 2.05) is 25.1 Å². The van der Waals surface area contributed by atoms with Crippen LogP contribution in [0.4, 0.5) is 0 Å². The molecule has 5 nitrogen and oxygen atoms in total. The molecule has 1 aromatic carbocycles. The molecule has 1 atom stereocenters. The van der Waals surface area contributed by atoms with E-state index >= 15 is 0 Å². The fraction of sp³-hybridized carbons (Fsp3) is 0.308. The van der Waals surface area contributed by atoms with Crippen LogP contribution in [0.2, 0.25) is 0 Å². The number of imide groups is 1. The Morgan fingerprint density at radius 1 is 1.42 bits per heavy atom. The maximum atomic E-state index is 11.9. The van der Waals surface area contributed by atoms with Crippen LogP contribution < -0.4 is 5.32 Å². The molecular weight excluding hydrogens is 310 g/mol. The number of carbonyl (C=O) groups is 2. The van der Waals surface area contributed by atoms with Crippen molar-refractivity contribution < 1.29 is 9.59 Å². The first-order chi connectivity index (χ1) is 9.06. The molecule has 2 amide bonds. The second kappa shape index (κ2) is 4.45. The van der Waals surface area contributed by atoms with Crippen LogP contribution in [0.1, 0.15) is 24.6 Å². The Bertz CT molecular complexity index is 692. The molecule has 1 saturated heterocycles. The molecule has 0 saturated carbocycles. The summed E-state index contributed by atoms with van der Waals surface area (Å²) in [6.07, 6.45) is 0.851. The van der Waals surface area contributed by atoms with Gasteiger partial charge in [-0.3, -0.25) is 19.6 Å². The number of fused-ring (bicyclic) bond motifs is 1. The van der Waals surface area contributed by atoms with E-state index in [4.69, 9.17) is 0 Å². The van der Waals surface area contributed by atoms with Crippen molar-refractivity contribution in [3.05, 3.63) is 28.4 Å². The monoisotopic (exact) mass is 321 g/mol. The highest BCUT2D eigenvalue weighted by Gasteiger charge is 2.30. The lowest BCUT2D eigenvalue weighted by atomic mass is 10.1. The molecule has 1 unspecified atom stereocenters. The molecule has 0 spiro atoms. The van der Waals surface area contributed by atoms with Crippen molar-refractivity contribution in [3.63, 3.8) is 0 Å². The van der Waals surface area contributed by atoms with E-state index in [2.05, 4.69) is 26.3 Å². The van der Waals surface area contributed by atoms with E-state index in [9.17, 15) is 9.59 Å². The molecule has 0 radical (unpaired) electrons. The predicted octanol–water partition coefficient (Wildman–Crippen LogP) is 2.08. The van der Waals surface area contributed by atoms with Crippen LogP contribution in [0.25, 0.3) is 10.9 Å². The second-order valence-electron chi connectivity index (χ2n) is 4.66. The Balaban J connectivity index is 2.10. The maximum absolute atomic E-state index is 11.9. The van der Waals surface area contributed by atoms with Gasteiger partial charge in [0, 0.05) is 16.3 Å². The van der Waals surface area contributed by atoms with Gasteiger partial charge in [0.15, 0.2) is 0 Å². The molecule has 98 valence electrons. The maximum Gasteiger partial charge on any atom is 0.251 e. The molecule has 1 aromatic heterocycles. The smallest absolute Gasteiger partial charge is 0.251 e. The minimum Gasteiger partial charge on any atom is -0.295 e. The molecule has 1 aliphatic heterocycles. The molecule has 1 N–H and O–H groups in total.